The molecule has 2 aromatic rings. The van der Waals surface area contributed by atoms with Crippen LogP contribution in [-0.2, 0) is 6.54 Å². The standard InChI is InChI=1S/C15H14BrNO4/c1-19-12-4-10(16)3-11(5-12)17-7-9-2-14-15(6-13(9)18)21-8-20-14/h2-6,17-18H,7-8H2,1H3. The third-order valence-electron chi connectivity index (χ3n) is 3.16. The van der Waals surface area contributed by atoms with Crippen molar-refractivity contribution in [3.63, 3.8) is 0 Å². The highest BCUT2D eigenvalue weighted by Gasteiger charge is 2.16. The molecule has 0 aromatic heterocycles. The van der Waals surface area contributed by atoms with E-state index in [0.29, 0.717) is 18.0 Å². The molecule has 21 heavy (non-hydrogen) atoms. The topological polar surface area (TPSA) is 60.0 Å². The number of benzene rings is 2. The molecule has 2 aromatic carbocycles. The molecule has 6 heteroatoms. The summed E-state index contributed by atoms with van der Waals surface area (Å²) in [6.07, 6.45) is 0. The third-order valence-corrected chi connectivity index (χ3v) is 3.62. The number of aromatic hydroxyl groups is 1. The number of nitrogens with one attached hydrogen (secondary N) is 1. The van der Waals surface area contributed by atoms with Gasteiger partial charge in [-0.25, -0.2) is 0 Å². The molecule has 0 unspecified atom stereocenters. The lowest BCUT2D eigenvalue weighted by atomic mass is 10.1. The number of ether oxygens (including phenoxy) is 3. The van der Waals surface area contributed by atoms with Crippen molar-refractivity contribution in [2.45, 2.75) is 6.54 Å². The van der Waals surface area contributed by atoms with E-state index in [-0.39, 0.29) is 12.5 Å². The van der Waals surface area contributed by atoms with Crippen LogP contribution in [0.1, 0.15) is 5.56 Å². The van der Waals surface area contributed by atoms with Crippen LogP contribution in [0.4, 0.5) is 5.69 Å². The number of phenolic OH excluding ortho intramolecular Hbond substituents is 1. The maximum Gasteiger partial charge on any atom is 0.231 e. The Hall–Kier alpha value is -2.08. The molecule has 0 fully saturated rings. The van der Waals surface area contributed by atoms with E-state index in [4.69, 9.17) is 14.2 Å². The van der Waals surface area contributed by atoms with Crippen molar-refractivity contribution < 1.29 is 19.3 Å². The Bertz CT molecular complexity index is 675. The predicted molar refractivity (Wildman–Crippen MR) is 82.3 cm³/mol. The molecule has 0 atom stereocenters. The Morgan fingerprint density at radius 3 is 2.71 bits per heavy atom. The molecule has 110 valence electrons. The van der Waals surface area contributed by atoms with Gasteiger partial charge in [0.2, 0.25) is 6.79 Å². The number of hydrogen-bond acceptors (Lipinski definition) is 5. The second kappa shape index (κ2) is 5.73. The molecular weight excluding hydrogens is 338 g/mol. The van der Waals surface area contributed by atoms with E-state index in [1.165, 1.54) is 0 Å². The largest absolute Gasteiger partial charge is 0.507 e. The van der Waals surface area contributed by atoms with Gasteiger partial charge in [0.05, 0.1) is 7.11 Å². The summed E-state index contributed by atoms with van der Waals surface area (Å²) in [5.41, 5.74) is 1.62. The number of halogens is 1. The average Bonchev–Trinajstić information content (AvgIpc) is 2.91. The molecule has 5 nitrogen and oxygen atoms in total. The lowest BCUT2D eigenvalue weighted by Gasteiger charge is -2.11. The number of methoxy groups -OCH3 is 1. The number of anilines is 1. The van der Waals surface area contributed by atoms with E-state index >= 15 is 0 Å². The van der Waals surface area contributed by atoms with Crippen molar-refractivity contribution in [3.8, 4) is 23.0 Å². The third kappa shape index (κ3) is 3.00. The molecule has 0 bridgehead atoms. The van der Waals surface area contributed by atoms with Crippen molar-refractivity contribution in [3.05, 3.63) is 40.4 Å². The van der Waals surface area contributed by atoms with Gasteiger partial charge in [-0.1, -0.05) is 15.9 Å². The van der Waals surface area contributed by atoms with Crippen LogP contribution < -0.4 is 19.5 Å². The van der Waals surface area contributed by atoms with Gasteiger partial charge in [0.1, 0.15) is 11.5 Å². The van der Waals surface area contributed by atoms with Gasteiger partial charge in [-0.05, 0) is 18.2 Å². The van der Waals surface area contributed by atoms with Crippen LogP contribution in [-0.4, -0.2) is 19.0 Å². The van der Waals surface area contributed by atoms with Crippen LogP contribution in [0.3, 0.4) is 0 Å². The zero-order chi connectivity index (χ0) is 14.8. The lowest BCUT2D eigenvalue weighted by molar-refractivity contribution is 0.174. The summed E-state index contributed by atoms with van der Waals surface area (Å²) >= 11 is 3.43. The SMILES string of the molecule is COc1cc(Br)cc(NCc2cc3c(cc2O)OCO3)c1. The van der Waals surface area contributed by atoms with Crippen molar-refractivity contribution in [1.29, 1.82) is 0 Å². The van der Waals surface area contributed by atoms with Gasteiger partial charge in [-0.15, -0.1) is 0 Å². The predicted octanol–water partition coefficient (Wildman–Crippen LogP) is 3.50. The lowest BCUT2D eigenvalue weighted by Crippen LogP contribution is -2.00. The van der Waals surface area contributed by atoms with E-state index in [0.717, 1.165) is 21.5 Å². The van der Waals surface area contributed by atoms with E-state index in [1.54, 1.807) is 19.2 Å². The maximum atomic E-state index is 10.00. The molecular formula is C15H14BrNO4. The minimum atomic E-state index is 0.175. The fourth-order valence-corrected chi connectivity index (χ4v) is 2.57. The molecule has 0 spiro atoms. The van der Waals surface area contributed by atoms with Gasteiger partial charge < -0.3 is 24.6 Å². The van der Waals surface area contributed by atoms with Crippen molar-refractivity contribution in [2.24, 2.45) is 0 Å². The first kappa shape index (κ1) is 13.9. The summed E-state index contributed by atoms with van der Waals surface area (Å²) in [6.45, 7) is 0.649. The molecule has 0 aliphatic carbocycles. The van der Waals surface area contributed by atoms with Crippen LogP contribution in [0.5, 0.6) is 23.0 Å². The highest BCUT2D eigenvalue weighted by Crippen LogP contribution is 2.38. The van der Waals surface area contributed by atoms with Crippen LogP contribution in [0.2, 0.25) is 0 Å². The van der Waals surface area contributed by atoms with Crippen molar-refractivity contribution in [1.82, 2.24) is 0 Å². The zero-order valence-electron chi connectivity index (χ0n) is 11.4. The second-order valence-corrected chi connectivity index (χ2v) is 5.48. The first-order chi connectivity index (χ1) is 10.2. The highest BCUT2D eigenvalue weighted by molar-refractivity contribution is 9.10. The zero-order valence-corrected chi connectivity index (χ0v) is 12.9. The fourth-order valence-electron chi connectivity index (χ4n) is 2.09. The Labute approximate surface area is 130 Å². The van der Waals surface area contributed by atoms with E-state index in [2.05, 4.69) is 21.2 Å². The normalized spacial score (nSPS) is 12.3. The van der Waals surface area contributed by atoms with E-state index in [1.807, 2.05) is 18.2 Å². The first-order valence-electron chi connectivity index (χ1n) is 6.35. The molecule has 2 N–H and O–H groups in total. The van der Waals surface area contributed by atoms with Gasteiger partial charge in [-0.2, -0.15) is 0 Å². The maximum absolute atomic E-state index is 10.00. The summed E-state index contributed by atoms with van der Waals surface area (Å²) in [4.78, 5) is 0. The van der Waals surface area contributed by atoms with Crippen molar-refractivity contribution in [2.75, 3.05) is 19.2 Å². The van der Waals surface area contributed by atoms with Gasteiger partial charge in [0.25, 0.3) is 0 Å². The van der Waals surface area contributed by atoms with Crippen LogP contribution in [0.15, 0.2) is 34.8 Å². The van der Waals surface area contributed by atoms with Crippen LogP contribution in [0, 0.1) is 0 Å². The monoisotopic (exact) mass is 351 g/mol. The van der Waals surface area contributed by atoms with Crippen molar-refractivity contribution >= 4 is 21.6 Å². The first-order valence-corrected chi connectivity index (χ1v) is 7.15. The molecule has 1 aliphatic rings. The summed E-state index contributed by atoms with van der Waals surface area (Å²) in [6, 6.07) is 9.05. The van der Waals surface area contributed by atoms with E-state index < -0.39 is 0 Å². The number of rotatable bonds is 4. The molecule has 0 amide bonds. The van der Waals surface area contributed by atoms with Crippen LogP contribution >= 0.6 is 15.9 Å². The molecule has 1 heterocycles. The summed E-state index contributed by atoms with van der Waals surface area (Å²) in [5, 5.41) is 13.2. The second-order valence-electron chi connectivity index (χ2n) is 4.57. The van der Waals surface area contributed by atoms with Gasteiger partial charge >= 0.3 is 0 Å². The Balaban J connectivity index is 1.77. The quantitative estimate of drug-likeness (QED) is 0.882. The number of hydrogen-bond donors (Lipinski definition) is 2. The molecule has 3 rings (SSSR count). The fraction of sp³-hybridized carbons (Fsp3) is 0.200. The Morgan fingerprint density at radius 1 is 1.19 bits per heavy atom. The number of phenols is 1. The highest BCUT2D eigenvalue weighted by atomic mass is 79.9. The Kier molecular flexibility index (Phi) is 3.79. The summed E-state index contributed by atoms with van der Waals surface area (Å²) in [7, 11) is 1.62. The van der Waals surface area contributed by atoms with Gasteiger partial charge in [0.15, 0.2) is 11.5 Å². The van der Waals surface area contributed by atoms with Gasteiger partial charge in [0, 0.05) is 34.4 Å². The number of fused-ring (bicyclic) bond motifs is 1. The Morgan fingerprint density at radius 2 is 1.95 bits per heavy atom. The van der Waals surface area contributed by atoms with Crippen LogP contribution in [0.25, 0.3) is 0 Å². The summed E-state index contributed by atoms with van der Waals surface area (Å²) < 4.78 is 16.7. The van der Waals surface area contributed by atoms with Gasteiger partial charge in [-0.3, -0.25) is 0 Å². The smallest absolute Gasteiger partial charge is 0.231 e. The molecule has 0 saturated heterocycles. The molecule has 1 aliphatic heterocycles. The minimum Gasteiger partial charge on any atom is -0.507 e. The summed E-state index contributed by atoms with van der Waals surface area (Å²) in [5.74, 6) is 2.15. The minimum absolute atomic E-state index is 0.175. The molecule has 0 radical (unpaired) electrons. The average molecular weight is 352 g/mol. The molecule has 0 saturated carbocycles. The van der Waals surface area contributed by atoms with E-state index in [9.17, 15) is 5.11 Å².